The largest absolute Gasteiger partial charge is 0.466 e. The Morgan fingerprint density at radius 3 is 2.45 bits per heavy atom. The lowest BCUT2D eigenvalue weighted by molar-refractivity contribution is -0.134. The maximum absolute atomic E-state index is 11.3. The molecule has 2 rings (SSSR count). The van der Waals surface area contributed by atoms with E-state index in [0.717, 1.165) is 22.3 Å². The molecule has 0 heterocycles. The topological polar surface area (TPSA) is 26.3 Å². The highest BCUT2D eigenvalue weighted by molar-refractivity contribution is 6.30. The lowest BCUT2D eigenvalue weighted by Gasteiger charge is -2.06. The van der Waals surface area contributed by atoms with Gasteiger partial charge in [-0.2, -0.15) is 0 Å². The summed E-state index contributed by atoms with van der Waals surface area (Å²) >= 11 is 5.89. The van der Waals surface area contributed by atoms with Crippen molar-refractivity contribution in [3.8, 4) is 11.1 Å². The Bertz CT molecular complexity index is 642. The van der Waals surface area contributed by atoms with Gasteiger partial charge >= 0.3 is 5.97 Å². The smallest absolute Gasteiger partial charge is 0.330 e. The maximum atomic E-state index is 11.3. The van der Waals surface area contributed by atoms with E-state index in [-0.39, 0.29) is 5.97 Å². The highest BCUT2D eigenvalue weighted by Crippen LogP contribution is 2.25. The van der Waals surface area contributed by atoms with Crippen LogP contribution in [0, 0.1) is 0 Å². The van der Waals surface area contributed by atoms with Crippen molar-refractivity contribution < 1.29 is 9.53 Å². The van der Waals surface area contributed by atoms with E-state index in [9.17, 15) is 4.79 Å². The molecule has 0 aliphatic carbocycles. The van der Waals surface area contributed by atoms with Crippen molar-refractivity contribution in [2.24, 2.45) is 0 Å². The summed E-state index contributed by atoms with van der Waals surface area (Å²) in [6.07, 6.45) is 1.49. The van der Waals surface area contributed by atoms with Gasteiger partial charge in [-0.05, 0) is 47.4 Å². The van der Waals surface area contributed by atoms with Crippen LogP contribution in [-0.4, -0.2) is 13.1 Å². The van der Waals surface area contributed by atoms with Crippen LogP contribution in [0.15, 0.2) is 54.6 Å². The summed E-state index contributed by atoms with van der Waals surface area (Å²) in [5.41, 5.74) is 4.02. The molecule has 2 nitrogen and oxygen atoms in total. The molecule has 0 atom stereocenters. The van der Waals surface area contributed by atoms with Crippen LogP contribution < -0.4 is 0 Å². The highest BCUT2D eigenvalue weighted by Gasteiger charge is 2.03. The summed E-state index contributed by atoms with van der Waals surface area (Å²) in [6.45, 7) is 1.89. The van der Waals surface area contributed by atoms with Crippen molar-refractivity contribution in [1.82, 2.24) is 0 Å². The molecule has 2 aromatic carbocycles. The zero-order chi connectivity index (χ0) is 14.5. The predicted molar refractivity (Wildman–Crippen MR) is 82.6 cm³/mol. The fraction of sp³-hybridized carbons (Fsp3) is 0.118. The van der Waals surface area contributed by atoms with Gasteiger partial charge < -0.3 is 4.74 Å². The summed E-state index contributed by atoms with van der Waals surface area (Å²) in [6, 6.07) is 15.7. The number of allylic oxidation sites excluding steroid dienone is 1. The van der Waals surface area contributed by atoms with Gasteiger partial charge in [0, 0.05) is 11.1 Å². The number of benzene rings is 2. The molecular formula is C17H15ClO2. The van der Waals surface area contributed by atoms with Crippen LogP contribution in [0.25, 0.3) is 16.7 Å². The highest BCUT2D eigenvalue weighted by atomic mass is 35.5. The summed E-state index contributed by atoms with van der Waals surface area (Å²) in [4.78, 5) is 11.3. The third-order valence-electron chi connectivity index (χ3n) is 3.03. The first-order chi connectivity index (χ1) is 9.60. The van der Waals surface area contributed by atoms with Gasteiger partial charge in [-0.3, -0.25) is 0 Å². The average Bonchev–Trinajstić information content (AvgIpc) is 2.48. The van der Waals surface area contributed by atoms with Crippen LogP contribution in [0.1, 0.15) is 12.5 Å². The molecule has 0 saturated carbocycles. The van der Waals surface area contributed by atoms with E-state index in [1.165, 1.54) is 13.2 Å². The summed E-state index contributed by atoms with van der Waals surface area (Å²) in [5, 5.41) is 0.715. The molecule has 0 N–H and O–H groups in total. The van der Waals surface area contributed by atoms with E-state index in [0.29, 0.717) is 5.02 Å². The van der Waals surface area contributed by atoms with Crippen molar-refractivity contribution >= 4 is 23.1 Å². The molecule has 0 fully saturated rings. The first-order valence-electron chi connectivity index (χ1n) is 6.23. The minimum absolute atomic E-state index is 0.348. The van der Waals surface area contributed by atoms with Gasteiger partial charge in [0.1, 0.15) is 0 Å². The van der Waals surface area contributed by atoms with Crippen molar-refractivity contribution in [3.63, 3.8) is 0 Å². The van der Waals surface area contributed by atoms with E-state index in [2.05, 4.69) is 4.74 Å². The van der Waals surface area contributed by atoms with Gasteiger partial charge in [-0.25, -0.2) is 4.79 Å². The molecule has 0 bridgehead atoms. The molecule has 3 heteroatoms. The van der Waals surface area contributed by atoms with Crippen LogP contribution in [0.2, 0.25) is 5.02 Å². The maximum Gasteiger partial charge on any atom is 0.330 e. The van der Waals surface area contributed by atoms with Crippen molar-refractivity contribution in [1.29, 1.82) is 0 Å². The molecule has 0 spiro atoms. The molecule has 0 radical (unpaired) electrons. The number of hydrogen-bond acceptors (Lipinski definition) is 2. The Balaban J connectivity index is 2.35. The molecule has 0 unspecified atom stereocenters. The number of carbonyl (C=O) groups excluding carboxylic acids is 1. The van der Waals surface area contributed by atoms with Gasteiger partial charge in [-0.15, -0.1) is 0 Å². The molecule has 0 aromatic heterocycles. The SMILES string of the molecule is COC(=O)/C=C(\C)c1cccc(-c2ccc(Cl)cc2)c1. The molecule has 0 amide bonds. The zero-order valence-electron chi connectivity index (χ0n) is 11.4. The summed E-state index contributed by atoms with van der Waals surface area (Å²) in [5.74, 6) is -0.348. The Kier molecular flexibility index (Phi) is 4.59. The molecule has 0 saturated heterocycles. The van der Waals surface area contributed by atoms with E-state index in [1.807, 2.05) is 55.5 Å². The average molecular weight is 287 g/mol. The lowest BCUT2D eigenvalue weighted by atomic mass is 10.00. The number of halogens is 1. The van der Waals surface area contributed by atoms with Crippen LogP contribution in [-0.2, 0) is 9.53 Å². The number of ether oxygens (including phenoxy) is 1. The first kappa shape index (κ1) is 14.4. The van der Waals surface area contributed by atoms with Gasteiger partial charge in [0.15, 0.2) is 0 Å². The molecular weight excluding hydrogens is 272 g/mol. The number of carbonyl (C=O) groups is 1. The first-order valence-corrected chi connectivity index (χ1v) is 6.60. The number of methoxy groups -OCH3 is 1. The fourth-order valence-corrected chi connectivity index (χ4v) is 2.03. The van der Waals surface area contributed by atoms with E-state index < -0.39 is 0 Å². The van der Waals surface area contributed by atoms with Crippen molar-refractivity contribution in [2.75, 3.05) is 7.11 Å². The minimum atomic E-state index is -0.348. The summed E-state index contributed by atoms with van der Waals surface area (Å²) < 4.78 is 4.64. The van der Waals surface area contributed by atoms with Crippen LogP contribution in [0.5, 0.6) is 0 Å². The molecule has 0 aliphatic heterocycles. The van der Waals surface area contributed by atoms with Gasteiger partial charge in [0.25, 0.3) is 0 Å². The molecule has 2 aromatic rings. The normalized spacial score (nSPS) is 11.2. The third kappa shape index (κ3) is 3.49. The van der Waals surface area contributed by atoms with Crippen LogP contribution in [0.4, 0.5) is 0 Å². The lowest BCUT2D eigenvalue weighted by Crippen LogP contribution is -1.95. The fourth-order valence-electron chi connectivity index (χ4n) is 1.91. The van der Waals surface area contributed by atoms with Crippen LogP contribution >= 0.6 is 11.6 Å². The zero-order valence-corrected chi connectivity index (χ0v) is 12.1. The Morgan fingerprint density at radius 2 is 1.80 bits per heavy atom. The Labute approximate surface area is 123 Å². The second-order valence-electron chi connectivity index (χ2n) is 4.44. The van der Waals surface area contributed by atoms with Crippen LogP contribution in [0.3, 0.4) is 0 Å². The van der Waals surface area contributed by atoms with Crippen molar-refractivity contribution in [2.45, 2.75) is 6.92 Å². The van der Waals surface area contributed by atoms with E-state index >= 15 is 0 Å². The Morgan fingerprint density at radius 1 is 1.10 bits per heavy atom. The van der Waals surface area contributed by atoms with Crippen molar-refractivity contribution in [3.05, 3.63) is 65.2 Å². The molecule has 102 valence electrons. The molecule has 0 aliphatic rings. The Hall–Kier alpha value is -2.06. The third-order valence-corrected chi connectivity index (χ3v) is 3.28. The minimum Gasteiger partial charge on any atom is -0.466 e. The quantitative estimate of drug-likeness (QED) is 0.610. The second kappa shape index (κ2) is 6.40. The van der Waals surface area contributed by atoms with Gasteiger partial charge in [0.2, 0.25) is 0 Å². The van der Waals surface area contributed by atoms with Gasteiger partial charge in [0.05, 0.1) is 7.11 Å². The number of hydrogen-bond donors (Lipinski definition) is 0. The monoisotopic (exact) mass is 286 g/mol. The van der Waals surface area contributed by atoms with Gasteiger partial charge in [-0.1, -0.05) is 41.9 Å². The standard InChI is InChI=1S/C17H15ClO2/c1-12(10-17(19)20-2)14-4-3-5-15(11-14)13-6-8-16(18)9-7-13/h3-11H,1-2H3/b12-10+. The molecule has 20 heavy (non-hydrogen) atoms. The second-order valence-corrected chi connectivity index (χ2v) is 4.87. The van der Waals surface area contributed by atoms with E-state index in [4.69, 9.17) is 11.6 Å². The number of esters is 1. The predicted octanol–water partition coefficient (Wildman–Crippen LogP) is 4.58. The number of rotatable bonds is 3. The summed E-state index contributed by atoms with van der Waals surface area (Å²) in [7, 11) is 1.37. The van der Waals surface area contributed by atoms with E-state index in [1.54, 1.807) is 0 Å².